The molecule has 0 radical (unpaired) electrons. The fraction of sp³-hybridized carbons (Fsp3) is 0.474. The molecule has 1 aliphatic heterocycles. The average molecular weight is 359 g/mol. The molecule has 2 heterocycles. The Labute approximate surface area is 152 Å². The number of hydrogen-bond acceptors (Lipinski definition) is 5. The Morgan fingerprint density at radius 3 is 3.08 bits per heavy atom. The number of anilines is 1. The Balaban J connectivity index is 1.76. The van der Waals surface area contributed by atoms with Gasteiger partial charge in [0.25, 0.3) is 0 Å². The Kier molecular flexibility index (Phi) is 6.04. The summed E-state index contributed by atoms with van der Waals surface area (Å²) < 4.78 is 5.49. The van der Waals surface area contributed by atoms with Gasteiger partial charge in [0.05, 0.1) is 18.7 Å². The molecule has 1 aromatic carbocycles. The maximum atomic E-state index is 12.4. The summed E-state index contributed by atoms with van der Waals surface area (Å²) in [7, 11) is 1.67. The molecule has 134 valence electrons. The van der Waals surface area contributed by atoms with E-state index in [0.717, 1.165) is 55.8 Å². The van der Waals surface area contributed by atoms with Crippen molar-refractivity contribution in [3.05, 3.63) is 29.1 Å². The Bertz CT molecular complexity index is 723. The first-order valence-electron chi connectivity index (χ1n) is 8.85. The van der Waals surface area contributed by atoms with Crippen molar-refractivity contribution in [2.45, 2.75) is 32.6 Å². The lowest BCUT2D eigenvalue weighted by molar-refractivity contribution is -0.120. The van der Waals surface area contributed by atoms with Gasteiger partial charge < -0.3 is 15.4 Å². The zero-order chi connectivity index (χ0) is 17.6. The van der Waals surface area contributed by atoms with Gasteiger partial charge in [-0.15, -0.1) is 11.3 Å². The smallest absolute Gasteiger partial charge is 0.230 e. The number of methoxy groups -OCH3 is 1. The van der Waals surface area contributed by atoms with Crippen molar-refractivity contribution in [2.75, 3.05) is 25.5 Å². The van der Waals surface area contributed by atoms with Crippen molar-refractivity contribution in [3.8, 4) is 17.0 Å². The van der Waals surface area contributed by atoms with Crippen LogP contribution in [0.3, 0.4) is 0 Å². The molecular weight excluding hydrogens is 334 g/mol. The van der Waals surface area contributed by atoms with Gasteiger partial charge in [-0.05, 0) is 43.5 Å². The monoisotopic (exact) mass is 359 g/mol. The standard InChI is InChI=1S/C19H25N3O2S/c1-3-5-13-7-8-17(24-2)15(10-13)16-12-25-19(21-16)22-18(23)14-6-4-9-20-11-14/h7-8,10,12,14,20H,3-6,9,11H2,1-2H3,(H,21,22,23)/t14-/m0/s1. The molecule has 2 N–H and O–H groups in total. The molecule has 0 bridgehead atoms. The van der Waals surface area contributed by atoms with Gasteiger partial charge in [-0.2, -0.15) is 0 Å². The van der Waals surface area contributed by atoms with Crippen LogP contribution in [0.4, 0.5) is 5.13 Å². The third-order valence-electron chi connectivity index (χ3n) is 4.48. The number of hydrogen-bond donors (Lipinski definition) is 2. The van der Waals surface area contributed by atoms with Crippen LogP contribution < -0.4 is 15.4 Å². The minimum atomic E-state index is 0.0310. The molecular formula is C19H25N3O2S. The van der Waals surface area contributed by atoms with Crippen LogP contribution in [-0.4, -0.2) is 31.1 Å². The fourth-order valence-corrected chi connectivity index (χ4v) is 3.85. The highest BCUT2D eigenvalue weighted by atomic mass is 32.1. The van der Waals surface area contributed by atoms with E-state index in [9.17, 15) is 4.79 Å². The summed E-state index contributed by atoms with van der Waals surface area (Å²) in [5.74, 6) is 0.892. The molecule has 0 unspecified atom stereocenters. The zero-order valence-corrected chi connectivity index (χ0v) is 15.6. The largest absolute Gasteiger partial charge is 0.496 e. The average Bonchev–Trinajstić information content (AvgIpc) is 3.11. The molecule has 1 aliphatic rings. The number of rotatable bonds is 6. The van der Waals surface area contributed by atoms with E-state index in [4.69, 9.17) is 4.74 Å². The maximum Gasteiger partial charge on any atom is 0.230 e. The van der Waals surface area contributed by atoms with Crippen molar-refractivity contribution < 1.29 is 9.53 Å². The molecule has 0 spiro atoms. The molecule has 0 aliphatic carbocycles. The lowest BCUT2D eigenvalue weighted by atomic mass is 9.99. The predicted molar refractivity (Wildman–Crippen MR) is 102 cm³/mol. The lowest BCUT2D eigenvalue weighted by Crippen LogP contribution is -2.37. The van der Waals surface area contributed by atoms with E-state index in [1.54, 1.807) is 7.11 Å². The van der Waals surface area contributed by atoms with Crippen LogP contribution in [0.1, 0.15) is 31.7 Å². The summed E-state index contributed by atoms with van der Waals surface area (Å²) in [5.41, 5.74) is 3.09. The quantitative estimate of drug-likeness (QED) is 0.825. The number of aryl methyl sites for hydroxylation is 1. The molecule has 1 amide bonds. The van der Waals surface area contributed by atoms with Crippen molar-refractivity contribution in [3.63, 3.8) is 0 Å². The number of ether oxygens (including phenoxy) is 1. The SMILES string of the molecule is CCCc1ccc(OC)c(-c2csc(NC(=O)[C@H]3CCCNC3)n2)c1. The number of carbonyl (C=O) groups is 1. The van der Waals surface area contributed by atoms with Gasteiger partial charge in [0.15, 0.2) is 5.13 Å². The molecule has 2 aromatic rings. The third-order valence-corrected chi connectivity index (χ3v) is 5.24. The Hall–Kier alpha value is -1.92. The van der Waals surface area contributed by atoms with E-state index in [1.807, 2.05) is 11.4 Å². The number of nitrogens with zero attached hydrogens (tertiary/aromatic N) is 1. The second kappa shape index (κ2) is 8.45. The van der Waals surface area contributed by atoms with E-state index < -0.39 is 0 Å². The second-order valence-corrected chi connectivity index (χ2v) is 7.21. The molecule has 1 aromatic heterocycles. The van der Waals surface area contributed by atoms with Gasteiger partial charge in [0.1, 0.15) is 5.75 Å². The minimum Gasteiger partial charge on any atom is -0.496 e. The highest BCUT2D eigenvalue weighted by molar-refractivity contribution is 7.14. The molecule has 5 nitrogen and oxygen atoms in total. The highest BCUT2D eigenvalue weighted by Gasteiger charge is 2.22. The predicted octanol–water partition coefficient (Wildman–Crippen LogP) is 3.71. The Morgan fingerprint density at radius 2 is 2.36 bits per heavy atom. The van der Waals surface area contributed by atoms with Gasteiger partial charge in [-0.1, -0.05) is 19.4 Å². The topological polar surface area (TPSA) is 63.2 Å². The maximum absolute atomic E-state index is 12.4. The number of amides is 1. The van der Waals surface area contributed by atoms with E-state index in [0.29, 0.717) is 5.13 Å². The molecule has 1 saturated heterocycles. The summed E-state index contributed by atoms with van der Waals surface area (Å²) >= 11 is 1.46. The first kappa shape index (κ1) is 17.9. The molecule has 6 heteroatoms. The van der Waals surface area contributed by atoms with E-state index in [1.165, 1.54) is 16.9 Å². The number of aromatic nitrogens is 1. The number of piperidine rings is 1. The summed E-state index contributed by atoms with van der Waals surface area (Å²) in [5, 5.41) is 8.86. The Morgan fingerprint density at radius 1 is 1.48 bits per heavy atom. The van der Waals surface area contributed by atoms with Crippen molar-refractivity contribution >= 4 is 22.4 Å². The molecule has 1 fully saturated rings. The highest BCUT2D eigenvalue weighted by Crippen LogP contribution is 2.33. The minimum absolute atomic E-state index is 0.0310. The fourth-order valence-electron chi connectivity index (χ4n) is 3.14. The van der Waals surface area contributed by atoms with Crippen molar-refractivity contribution in [1.29, 1.82) is 0 Å². The van der Waals surface area contributed by atoms with E-state index >= 15 is 0 Å². The van der Waals surface area contributed by atoms with E-state index in [-0.39, 0.29) is 11.8 Å². The number of carbonyl (C=O) groups excluding carboxylic acids is 1. The van der Waals surface area contributed by atoms with Gasteiger partial charge in [0.2, 0.25) is 5.91 Å². The van der Waals surface area contributed by atoms with Gasteiger partial charge >= 0.3 is 0 Å². The number of nitrogens with one attached hydrogen (secondary N) is 2. The summed E-state index contributed by atoms with van der Waals surface area (Å²) in [4.78, 5) is 17.0. The molecule has 0 saturated carbocycles. The first-order chi connectivity index (χ1) is 12.2. The lowest BCUT2D eigenvalue weighted by Gasteiger charge is -2.21. The van der Waals surface area contributed by atoms with Crippen LogP contribution in [0.25, 0.3) is 11.3 Å². The molecule has 25 heavy (non-hydrogen) atoms. The van der Waals surface area contributed by atoms with Gasteiger partial charge in [0, 0.05) is 17.5 Å². The first-order valence-corrected chi connectivity index (χ1v) is 9.73. The normalized spacial score (nSPS) is 17.3. The van der Waals surface area contributed by atoms with Crippen LogP contribution in [0, 0.1) is 5.92 Å². The number of benzene rings is 1. The van der Waals surface area contributed by atoms with Crippen molar-refractivity contribution in [1.82, 2.24) is 10.3 Å². The molecule has 3 rings (SSSR count). The second-order valence-electron chi connectivity index (χ2n) is 6.36. The third kappa shape index (κ3) is 4.38. The summed E-state index contributed by atoms with van der Waals surface area (Å²) in [6.07, 6.45) is 4.10. The van der Waals surface area contributed by atoms with Crippen LogP contribution in [0.2, 0.25) is 0 Å². The van der Waals surface area contributed by atoms with Crippen LogP contribution in [-0.2, 0) is 11.2 Å². The summed E-state index contributed by atoms with van der Waals surface area (Å²) in [6, 6.07) is 6.22. The van der Waals surface area contributed by atoms with Crippen LogP contribution in [0.5, 0.6) is 5.75 Å². The van der Waals surface area contributed by atoms with Crippen LogP contribution in [0.15, 0.2) is 23.6 Å². The van der Waals surface area contributed by atoms with E-state index in [2.05, 4.69) is 34.7 Å². The van der Waals surface area contributed by atoms with Gasteiger partial charge in [-0.25, -0.2) is 4.98 Å². The van der Waals surface area contributed by atoms with Gasteiger partial charge in [-0.3, -0.25) is 4.79 Å². The summed E-state index contributed by atoms with van der Waals surface area (Å²) in [6.45, 7) is 3.91. The van der Waals surface area contributed by atoms with Crippen LogP contribution >= 0.6 is 11.3 Å². The van der Waals surface area contributed by atoms with Crippen molar-refractivity contribution in [2.24, 2.45) is 5.92 Å². The molecule has 1 atom stereocenters. The number of thiazole rings is 1. The zero-order valence-electron chi connectivity index (χ0n) is 14.8.